The lowest BCUT2D eigenvalue weighted by Gasteiger charge is -2.58. The lowest BCUT2D eigenvalue weighted by atomic mass is 9.41. The van der Waals surface area contributed by atoms with Crippen LogP contribution >= 0.6 is 0 Å². The second-order valence-electron chi connectivity index (χ2n) is 15.0. The number of rotatable bonds is 10. The predicted molar refractivity (Wildman–Crippen MR) is 171 cm³/mol. The van der Waals surface area contributed by atoms with Crippen LogP contribution in [0.25, 0.3) is 0 Å². The molecule has 0 unspecified atom stereocenters. The SMILES string of the molecule is CC(=O)OC1=C(CC=C(C)C)C(=O)[C@]2(C(=O)C(C)C)C(=O)[C@@]1(CC=C(C)C)C/C(=C/CO[Si](C)(C)C(C)(C)C)C2(C)C. The topological polar surface area (TPSA) is 86.7 Å². The summed E-state index contributed by atoms with van der Waals surface area (Å²) < 4.78 is 12.4. The minimum absolute atomic E-state index is 0.000589. The van der Waals surface area contributed by atoms with Crippen molar-refractivity contribution in [2.24, 2.45) is 22.2 Å². The number of esters is 1. The standard InChI is InChI=1S/C35H54O6Si/c1-22(2)15-16-27-29(38)35(28(37)24(5)6)31(39)34(19-17-23(3)4,30(27)41-25(7)36)21-26(33(35,11)12)18-20-40-42(13,14)32(8,9)10/h15,17-18,24H,16,19-21H2,1-14H3/b26-18-/t34-,35+/m0/s1. The highest BCUT2D eigenvalue weighted by atomic mass is 28.4. The predicted octanol–water partition coefficient (Wildman–Crippen LogP) is 8.24. The van der Waals surface area contributed by atoms with Gasteiger partial charge in [0.25, 0.3) is 0 Å². The van der Waals surface area contributed by atoms with E-state index in [4.69, 9.17) is 9.16 Å². The van der Waals surface area contributed by atoms with E-state index in [1.54, 1.807) is 13.8 Å². The summed E-state index contributed by atoms with van der Waals surface area (Å²) in [6.45, 7) is 27.4. The average Bonchev–Trinajstić information content (AvgIpc) is 2.82. The Morgan fingerprint density at radius 3 is 1.98 bits per heavy atom. The van der Waals surface area contributed by atoms with Gasteiger partial charge in [-0.15, -0.1) is 0 Å². The van der Waals surface area contributed by atoms with Crippen LogP contribution < -0.4 is 0 Å². The molecule has 0 aromatic heterocycles. The van der Waals surface area contributed by atoms with Crippen LogP contribution in [0.1, 0.15) is 102 Å². The molecule has 0 N–H and O–H groups in total. The number of ketones is 3. The molecule has 0 aromatic carbocycles. The van der Waals surface area contributed by atoms with Crippen LogP contribution in [0, 0.1) is 22.2 Å². The van der Waals surface area contributed by atoms with Gasteiger partial charge in [-0.25, -0.2) is 0 Å². The fourth-order valence-corrected chi connectivity index (χ4v) is 6.92. The third-order valence-corrected chi connectivity index (χ3v) is 14.1. The molecular formula is C35H54O6Si. The molecule has 1 saturated carbocycles. The molecule has 0 aliphatic heterocycles. The highest BCUT2D eigenvalue weighted by Crippen LogP contribution is 2.65. The van der Waals surface area contributed by atoms with Crippen LogP contribution in [0.5, 0.6) is 0 Å². The van der Waals surface area contributed by atoms with Crippen molar-refractivity contribution in [3.05, 3.63) is 46.3 Å². The summed E-state index contributed by atoms with van der Waals surface area (Å²) in [5.74, 6) is -2.47. The van der Waals surface area contributed by atoms with Crippen molar-refractivity contribution in [1.82, 2.24) is 0 Å². The molecule has 0 amide bonds. The molecule has 0 heterocycles. The summed E-state index contributed by atoms with van der Waals surface area (Å²) in [5.41, 5.74) is -1.45. The summed E-state index contributed by atoms with van der Waals surface area (Å²) in [4.78, 5) is 56.9. The van der Waals surface area contributed by atoms with Crippen molar-refractivity contribution in [2.45, 2.75) is 120 Å². The quantitative estimate of drug-likeness (QED) is 0.109. The zero-order valence-corrected chi connectivity index (χ0v) is 29.6. The van der Waals surface area contributed by atoms with E-state index < -0.39 is 53.8 Å². The maximum atomic E-state index is 15.1. The van der Waals surface area contributed by atoms with Gasteiger partial charge < -0.3 is 9.16 Å². The van der Waals surface area contributed by atoms with Crippen molar-refractivity contribution in [1.29, 1.82) is 0 Å². The molecule has 2 bridgehead atoms. The minimum atomic E-state index is -2.11. The van der Waals surface area contributed by atoms with Crippen LogP contribution in [0.2, 0.25) is 18.1 Å². The fraction of sp³-hybridized carbons (Fsp3) is 0.657. The highest BCUT2D eigenvalue weighted by molar-refractivity contribution is 6.74. The molecule has 0 spiro atoms. The van der Waals surface area contributed by atoms with Gasteiger partial charge in [-0.3, -0.25) is 19.2 Å². The van der Waals surface area contributed by atoms with Gasteiger partial charge >= 0.3 is 5.97 Å². The van der Waals surface area contributed by atoms with Crippen LogP contribution in [0.4, 0.5) is 0 Å². The number of fused-ring (bicyclic) bond motifs is 2. The molecule has 7 heteroatoms. The van der Waals surface area contributed by atoms with Crippen molar-refractivity contribution in [3.63, 3.8) is 0 Å². The van der Waals surface area contributed by atoms with E-state index >= 15 is 4.79 Å². The molecule has 0 saturated heterocycles. The Balaban J connectivity index is 3.07. The third kappa shape index (κ3) is 6.14. The van der Waals surface area contributed by atoms with Gasteiger partial charge in [0.15, 0.2) is 31.1 Å². The van der Waals surface area contributed by atoms with Crippen molar-refractivity contribution < 1.29 is 28.3 Å². The van der Waals surface area contributed by atoms with Crippen molar-refractivity contribution in [3.8, 4) is 0 Å². The van der Waals surface area contributed by atoms with Crippen LogP contribution in [-0.2, 0) is 28.3 Å². The first kappa shape index (κ1) is 35.8. The Hall–Kier alpha value is -2.38. The van der Waals surface area contributed by atoms with Crippen molar-refractivity contribution in [2.75, 3.05) is 6.61 Å². The van der Waals surface area contributed by atoms with E-state index in [-0.39, 0.29) is 35.6 Å². The molecule has 2 rings (SSSR count). The third-order valence-electron chi connectivity index (χ3n) is 9.62. The van der Waals surface area contributed by atoms with Gasteiger partial charge in [0.2, 0.25) is 0 Å². The maximum absolute atomic E-state index is 15.1. The Bertz CT molecular complexity index is 1260. The zero-order chi connectivity index (χ0) is 32.6. The van der Waals surface area contributed by atoms with Crippen LogP contribution in [0.15, 0.2) is 46.3 Å². The second-order valence-corrected chi connectivity index (χ2v) is 19.8. The minimum Gasteiger partial charge on any atom is -0.430 e. The average molecular weight is 599 g/mol. The summed E-state index contributed by atoms with van der Waals surface area (Å²) in [7, 11) is -2.11. The Morgan fingerprint density at radius 2 is 1.52 bits per heavy atom. The summed E-state index contributed by atoms with van der Waals surface area (Å²) >= 11 is 0. The Morgan fingerprint density at radius 1 is 0.976 bits per heavy atom. The first-order valence-corrected chi connectivity index (χ1v) is 18.1. The molecule has 2 aliphatic rings. The molecule has 0 radical (unpaired) electrons. The summed E-state index contributed by atoms with van der Waals surface area (Å²) in [5, 5.41) is 0.000589. The molecule has 234 valence electrons. The number of hydrogen-bond acceptors (Lipinski definition) is 6. The monoisotopic (exact) mass is 598 g/mol. The van der Waals surface area contributed by atoms with Gasteiger partial charge in [0, 0.05) is 23.8 Å². The molecule has 42 heavy (non-hydrogen) atoms. The van der Waals surface area contributed by atoms with E-state index in [2.05, 4.69) is 33.9 Å². The van der Waals surface area contributed by atoms with Gasteiger partial charge in [-0.1, -0.05) is 83.4 Å². The lowest BCUT2D eigenvalue weighted by molar-refractivity contribution is -0.168. The summed E-state index contributed by atoms with van der Waals surface area (Å²) in [6.07, 6.45) is 6.43. The fourth-order valence-electron chi connectivity index (χ4n) is 5.99. The van der Waals surface area contributed by atoms with E-state index in [1.807, 2.05) is 59.8 Å². The molecular weight excluding hydrogens is 544 g/mol. The molecule has 0 aromatic rings. The van der Waals surface area contributed by atoms with E-state index in [0.717, 1.165) is 16.7 Å². The van der Waals surface area contributed by atoms with Gasteiger partial charge in [0.05, 0.1) is 12.0 Å². The number of ether oxygens (including phenoxy) is 1. The Kier molecular flexibility index (Phi) is 10.5. The van der Waals surface area contributed by atoms with Crippen LogP contribution in [0.3, 0.4) is 0 Å². The van der Waals surface area contributed by atoms with E-state index in [0.29, 0.717) is 6.61 Å². The normalized spacial score (nSPS) is 25.1. The van der Waals surface area contributed by atoms with Gasteiger partial charge in [-0.05, 0) is 65.1 Å². The number of carbonyl (C=O) groups is 4. The van der Waals surface area contributed by atoms with E-state index in [9.17, 15) is 14.4 Å². The van der Waals surface area contributed by atoms with Gasteiger partial charge in [0.1, 0.15) is 5.76 Å². The zero-order valence-electron chi connectivity index (χ0n) is 28.6. The molecule has 6 nitrogen and oxygen atoms in total. The van der Waals surface area contributed by atoms with Crippen LogP contribution in [-0.4, -0.2) is 38.2 Å². The number of Topliss-reactive ketones (excluding diaryl/α,β-unsaturated/α-hetero) is 3. The maximum Gasteiger partial charge on any atom is 0.307 e. The lowest BCUT2D eigenvalue weighted by Crippen LogP contribution is -2.68. The number of carbonyl (C=O) groups excluding carboxylic acids is 4. The number of allylic oxidation sites excluding steroid dienone is 7. The van der Waals surface area contributed by atoms with E-state index in [1.165, 1.54) is 6.92 Å². The van der Waals surface area contributed by atoms with Gasteiger partial charge in [-0.2, -0.15) is 0 Å². The highest BCUT2D eigenvalue weighted by Gasteiger charge is 2.74. The first-order chi connectivity index (χ1) is 19.0. The molecule has 2 atom stereocenters. The largest absolute Gasteiger partial charge is 0.430 e. The Labute approximate surface area is 255 Å². The smallest absolute Gasteiger partial charge is 0.307 e. The first-order valence-electron chi connectivity index (χ1n) is 15.2. The number of hydrogen-bond donors (Lipinski definition) is 0. The molecule has 2 aliphatic carbocycles. The van der Waals surface area contributed by atoms with Crippen molar-refractivity contribution >= 4 is 31.6 Å². The second kappa shape index (κ2) is 12.3. The molecule has 1 fully saturated rings. The summed E-state index contributed by atoms with van der Waals surface area (Å²) in [6, 6.07) is 0.